The molecule has 1 atom stereocenters. The van der Waals surface area contributed by atoms with E-state index in [9.17, 15) is 14.7 Å². The van der Waals surface area contributed by atoms with Crippen LogP contribution < -0.4 is 0 Å². The van der Waals surface area contributed by atoms with Gasteiger partial charge in [-0.25, -0.2) is 4.79 Å². The molecule has 0 aromatic rings. The van der Waals surface area contributed by atoms with Gasteiger partial charge in [0, 0.05) is 33.3 Å². The Balaban J connectivity index is 2.65. The van der Waals surface area contributed by atoms with Gasteiger partial charge in [0.25, 0.3) is 0 Å². The van der Waals surface area contributed by atoms with Gasteiger partial charge in [-0.2, -0.15) is 0 Å². The van der Waals surface area contributed by atoms with Gasteiger partial charge in [0.05, 0.1) is 12.0 Å². The number of rotatable bonds is 7. The van der Waals surface area contributed by atoms with Crippen molar-refractivity contribution < 1.29 is 19.4 Å². The lowest BCUT2D eigenvalue weighted by Crippen LogP contribution is -2.53. The summed E-state index contributed by atoms with van der Waals surface area (Å²) in [6.45, 7) is 6.51. The first-order valence-corrected chi connectivity index (χ1v) is 7.78. The Morgan fingerprint density at radius 3 is 2.67 bits per heavy atom. The number of likely N-dealkylation sites (N-methyl/N-ethyl adjacent to an activating group) is 1. The van der Waals surface area contributed by atoms with Gasteiger partial charge >= 0.3 is 12.0 Å². The molecule has 122 valence electrons. The molecule has 21 heavy (non-hydrogen) atoms. The molecule has 1 aliphatic rings. The summed E-state index contributed by atoms with van der Waals surface area (Å²) in [6, 6.07) is -0.101. The van der Waals surface area contributed by atoms with Gasteiger partial charge in [-0.15, -0.1) is 0 Å². The number of piperidine rings is 1. The predicted octanol–water partition coefficient (Wildman–Crippen LogP) is 2.04. The van der Waals surface area contributed by atoms with Crippen LogP contribution in [0.25, 0.3) is 0 Å². The van der Waals surface area contributed by atoms with E-state index in [1.54, 1.807) is 16.8 Å². The third-order valence-corrected chi connectivity index (χ3v) is 4.13. The average Bonchev–Trinajstić information content (AvgIpc) is 2.47. The highest BCUT2D eigenvalue weighted by atomic mass is 16.5. The molecular formula is C15H28N2O4. The van der Waals surface area contributed by atoms with E-state index >= 15 is 0 Å². The van der Waals surface area contributed by atoms with Gasteiger partial charge in [0.2, 0.25) is 0 Å². The molecule has 1 fully saturated rings. The molecule has 0 bridgehead atoms. The number of amides is 2. The first kappa shape index (κ1) is 17.8. The summed E-state index contributed by atoms with van der Waals surface area (Å²) >= 11 is 0. The molecule has 6 nitrogen and oxygen atoms in total. The largest absolute Gasteiger partial charge is 0.481 e. The van der Waals surface area contributed by atoms with Crippen molar-refractivity contribution in [2.24, 2.45) is 5.41 Å². The van der Waals surface area contributed by atoms with Crippen molar-refractivity contribution in [2.75, 3.05) is 39.9 Å². The normalized spacial score (nSPS) is 22.1. The van der Waals surface area contributed by atoms with Crippen LogP contribution in [0, 0.1) is 5.41 Å². The van der Waals surface area contributed by atoms with E-state index in [-0.39, 0.29) is 6.03 Å². The lowest BCUT2D eigenvalue weighted by Gasteiger charge is -2.41. The standard InChI is InChI=1S/C15H28N2O4/c1-4-7-15(13(18)19)8-6-9-17(12-15)14(20)16(3)10-11-21-5-2/h4-12H2,1-3H3,(H,18,19). The van der Waals surface area contributed by atoms with Crippen molar-refractivity contribution in [1.29, 1.82) is 0 Å². The van der Waals surface area contributed by atoms with Crippen molar-refractivity contribution in [1.82, 2.24) is 9.80 Å². The number of carbonyl (C=O) groups is 2. The van der Waals surface area contributed by atoms with E-state index < -0.39 is 11.4 Å². The number of carboxylic acid groups (broad SMARTS) is 1. The predicted molar refractivity (Wildman–Crippen MR) is 80.3 cm³/mol. The Labute approximate surface area is 127 Å². The minimum Gasteiger partial charge on any atom is -0.481 e. The molecule has 2 amide bonds. The molecular weight excluding hydrogens is 272 g/mol. The third kappa shape index (κ3) is 4.59. The summed E-state index contributed by atoms with van der Waals surface area (Å²) in [7, 11) is 1.73. The van der Waals surface area contributed by atoms with Crippen LogP contribution in [0.3, 0.4) is 0 Å². The fourth-order valence-corrected chi connectivity index (χ4v) is 2.94. The maximum absolute atomic E-state index is 12.4. The summed E-state index contributed by atoms with van der Waals surface area (Å²) in [5.74, 6) is -0.779. The molecule has 0 aromatic carbocycles. The second-order valence-electron chi connectivity index (χ2n) is 5.76. The summed E-state index contributed by atoms with van der Waals surface area (Å²) in [5, 5.41) is 9.56. The van der Waals surface area contributed by atoms with Crippen molar-refractivity contribution in [2.45, 2.75) is 39.5 Å². The van der Waals surface area contributed by atoms with Gasteiger partial charge < -0.3 is 19.6 Å². The van der Waals surface area contributed by atoms with Crippen LogP contribution in [0.5, 0.6) is 0 Å². The summed E-state index contributed by atoms with van der Waals surface area (Å²) < 4.78 is 5.25. The molecule has 1 saturated heterocycles. The molecule has 6 heteroatoms. The number of carboxylic acids is 1. The van der Waals surface area contributed by atoms with E-state index in [2.05, 4.69) is 0 Å². The Kier molecular flexibility index (Phi) is 6.95. The average molecular weight is 300 g/mol. The van der Waals surface area contributed by atoms with Crippen molar-refractivity contribution >= 4 is 12.0 Å². The zero-order chi connectivity index (χ0) is 15.9. The molecule has 0 spiro atoms. The minimum absolute atomic E-state index is 0.101. The van der Waals surface area contributed by atoms with Crippen LogP contribution in [0.2, 0.25) is 0 Å². The zero-order valence-electron chi connectivity index (χ0n) is 13.4. The molecule has 1 aliphatic heterocycles. The van der Waals surface area contributed by atoms with Crippen LogP contribution in [0.15, 0.2) is 0 Å². The highest BCUT2D eigenvalue weighted by Crippen LogP contribution is 2.35. The number of hydrogen-bond donors (Lipinski definition) is 1. The molecule has 0 radical (unpaired) electrons. The van der Waals surface area contributed by atoms with Crippen LogP contribution in [-0.2, 0) is 9.53 Å². The molecule has 0 aromatic heterocycles. The van der Waals surface area contributed by atoms with Gasteiger partial charge in [0.15, 0.2) is 0 Å². The van der Waals surface area contributed by atoms with Crippen molar-refractivity contribution in [3.05, 3.63) is 0 Å². The maximum Gasteiger partial charge on any atom is 0.319 e. The number of likely N-dealkylation sites (tertiary alicyclic amines) is 1. The molecule has 1 N–H and O–H groups in total. The molecule has 0 aliphatic carbocycles. The van der Waals surface area contributed by atoms with Crippen LogP contribution in [0.1, 0.15) is 39.5 Å². The molecule has 1 unspecified atom stereocenters. The van der Waals surface area contributed by atoms with E-state index in [0.29, 0.717) is 45.7 Å². The van der Waals surface area contributed by atoms with E-state index in [1.165, 1.54) is 0 Å². The molecule has 0 saturated carbocycles. The number of aliphatic carboxylic acids is 1. The zero-order valence-corrected chi connectivity index (χ0v) is 13.4. The van der Waals surface area contributed by atoms with Crippen LogP contribution >= 0.6 is 0 Å². The Morgan fingerprint density at radius 1 is 1.38 bits per heavy atom. The number of nitrogens with zero attached hydrogens (tertiary/aromatic N) is 2. The van der Waals surface area contributed by atoms with Crippen LogP contribution in [0.4, 0.5) is 4.79 Å². The van der Waals surface area contributed by atoms with E-state index in [1.807, 2.05) is 13.8 Å². The smallest absolute Gasteiger partial charge is 0.319 e. The second-order valence-corrected chi connectivity index (χ2v) is 5.76. The lowest BCUT2D eigenvalue weighted by atomic mass is 9.76. The highest BCUT2D eigenvalue weighted by molar-refractivity contribution is 5.78. The van der Waals surface area contributed by atoms with E-state index in [4.69, 9.17) is 4.74 Å². The Morgan fingerprint density at radius 2 is 2.10 bits per heavy atom. The fourth-order valence-electron chi connectivity index (χ4n) is 2.94. The SMILES string of the molecule is CCCC1(C(=O)O)CCCN(C(=O)N(C)CCOCC)C1. The van der Waals surface area contributed by atoms with Gasteiger partial charge in [0.1, 0.15) is 0 Å². The Bertz CT molecular complexity index is 358. The van der Waals surface area contributed by atoms with Gasteiger partial charge in [-0.1, -0.05) is 13.3 Å². The molecule has 1 heterocycles. The Hall–Kier alpha value is -1.30. The fraction of sp³-hybridized carbons (Fsp3) is 0.867. The van der Waals surface area contributed by atoms with Gasteiger partial charge in [-0.3, -0.25) is 4.79 Å². The van der Waals surface area contributed by atoms with Crippen molar-refractivity contribution in [3.8, 4) is 0 Å². The number of carbonyl (C=O) groups excluding carboxylic acids is 1. The maximum atomic E-state index is 12.4. The first-order chi connectivity index (χ1) is 9.96. The van der Waals surface area contributed by atoms with Gasteiger partial charge in [-0.05, 0) is 26.2 Å². The first-order valence-electron chi connectivity index (χ1n) is 7.78. The second kappa shape index (κ2) is 8.22. The quantitative estimate of drug-likeness (QED) is 0.730. The lowest BCUT2D eigenvalue weighted by molar-refractivity contribution is -0.152. The van der Waals surface area contributed by atoms with E-state index in [0.717, 1.165) is 12.8 Å². The topological polar surface area (TPSA) is 70.1 Å². The summed E-state index contributed by atoms with van der Waals surface area (Å²) in [5.41, 5.74) is -0.774. The highest BCUT2D eigenvalue weighted by Gasteiger charge is 2.43. The van der Waals surface area contributed by atoms with Crippen LogP contribution in [-0.4, -0.2) is 66.8 Å². The molecule has 1 rings (SSSR count). The summed E-state index contributed by atoms with van der Waals surface area (Å²) in [6.07, 6.45) is 2.84. The summed E-state index contributed by atoms with van der Waals surface area (Å²) in [4.78, 5) is 27.3. The minimum atomic E-state index is -0.779. The number of ether oxygens (including phenoxy) is 1. The monoisotopic (exact) mass is 300 g/mol. The number of urea groups is 1. The van der Waals surface area contributed by atoms with Crippen molar-refractivity contribution in [3.63, 3.8) is 0 Å². The number of hydrogen-bond acceptors (Lipinski definition) is 3. The third-order valence-electron chi connectivity index (χ3n) is 4.13.